The van der Waals surface area contributed by atoms with Gasteiger partial charge in [0, 0.05) is 24.2 Å². The van der Waals surface area contributed by atoms with Gasteiger partial charge in [0.25, 0.3) is 15.7 Å². The Morgan fingerprint density at radius 3 is 2.59 bits per heavy atom. The number of nitro benzene ring substituents is 1. The van der Waals surface area contributed by atoms with Crippen LogP contribution in [0.4, 0.5) is 17.1 Å². The molecular formula is C20H21N3O5S. The fourth-order valence-corrected chi connectivity index (χ4v) is 5.33. The molecular weight excluding hydrogens is 394 g/mol. The number of anilines is 2. The van der Waals surface area contributed by atoms with Crippen molar-refractivity contribution in [1.29, 1.82) is 0 Å². The lowest BCUT2D eigenvalue weighted by molar-refractivity contribution is -0.387. The van der Waals surface area contributed by atoms with Gasteiger partial charge in [-0.25, -0.2) is 8.42 Å². The molecule has 29 heavy (non-hydrogen) atoms. The predicted octanol–water partition coefficient (Wildman–Crippen LogP) is 3.47. The molecule has 0 saturated heterocycles. The number of para-hydroxylation sites is 1. The van der Waals surface area contributed by atoms with Gasteiger partial charge >= 0.3 is 0 Å². The normalized spacial score (nSPS) is 16.6. The van der Waals surface area contributed by atoms with Gasteiger partial charge in [-0.15, -0.1) is 0 Å². The second-order valence-electron chi connectivity index (χ2n) is 7.40. The number of hydrogen-bond donors (Lipinski definition) is 1. The molecule has 2 aromatic rings. The molecule has 1 saturated carbocycles. The van der Waals surface area contributed by atoms with Crippen LogP contribution in [0.25, 0.3) is 0 Å². The third-order valence-corrected chi connectivity index (χ3v) is 6.98. The molecule has 2 aliphatic rings. The van der Waals surface area contributed by atoms with Gasteiger partial charge in [-0.3, -0.25) is 19.6 Å². The van der Waals surface area contributed by atoms with E-state index in [9.17, 15) is 23.3 Å². The number of amides is 1. The summed E-state index contributed by atoms with van der Waals surface area (Å²) in [4.78, 5) is 24.7. The van der Waals surface area contributed by atoms with Gasteiger partial charge in [0.1, 0.15) is 0 Å². The summed E-state index contributed by atoms with van der Waals surface area (Å²) >= 11 is 0. The second-order valence-corrected chi connectivity index (χ2v) is 9.05. The topological polar surface area (TPSA) is 110 Å². The molecule has 152 valence electrons. The average Bonchev–Trinajstić information content (AvgIpc) is 3.37. The monoisotopic (exact) mass is 415 g/mol. The quantitative estimate of drug-likeness (QED) is 0.594. The van der Waals surface area contributed by atoms with Crippen molar-refractivity contribution in [3.05, 3.63) is 58.1 Å². The Bertz CT molecular complexity index is 1080. The Labute approximate surface area is 168 Å². The van der Waals surface area contributed by atoms with Crippen molar-refractivity contribution in [1.82, 2.24) is 0 Å². The first kappa shape index (κ1) is 19.4. The van der Waals surface area contributed by atoms with Gasteiger partial charge in [0.05, 0.1) is 10.6 Å². The van der Waals surface area contributed by atoms with E-state index in [4.69, 9.17) is 0 Å². The summed E-state index contributed by atoms with van der Waals surface area (Å²) < 4.78 is 27.9. The molecule has 1 aliphatic heterocycles. The smallest absolute Gasteiger partial charge is 0.289 e. The Morgan fingerprint density at radius 2 is 1.86 bits per heavy atom. The van der Waals surface area contributed by atoms with Crippen molar-refractivity contribution in [2.24, 2.45) is 5.92 Å². The van der Waals surface area contributed by atoms with Gasteiger partial charge in [-0.1, -0.05) is 31.0 Å². The Kier molecular flexibility index (Phi) is 4.99. The Balaban J connectivity index is 1.62. The number of benzene rings is 2. The number of nitrogens with one attached hydrogen (secondary N) is 1. The van der Waals surface area contributed by atoms with E-state index in [0.29, 0.717) is 12.2 Å². The molecule has 0 radical (unpaired) electrons. The van der Waals surface area contributed by atoms with Crippen molar-refractivity contribution in [3.8, 4) is 0 Å². The molecule has 0 bridgehead atoms. The van der Waals surface area contributed by atoms with E-state index in [0.717, 1.165) is 43.7 Å². The van der Waals surface area contributed by atoms with E-state index in [-0.39, 0.29) is 17.5 Å². The maximum absolute atomic E-state index is 12.9. The van der Waals surface area contributed by atoms with Crippen LogP contribution in [0.15, 0.2) is 47.4 Å². The largest absolute Gasteiger partial charge is 0.312 e. The summed E-state index contributed by atoms with van der Waals surface area (Å²) in [6, 6.07) is 10.3. The van der Waals surface area contributed by atoms with Gasteiger partial charge in [-0.05, 0) is 43.0 Å². The molecule has 1 N–H and O–H groups in total. The van der Waals surface area contributed by atoms with Gasteiger partial charge < -0.3 is 4.90 Å². The molecule has 1 heterocycles. The number of fused-ring (bicyclic) bond motifs is 1. The van der Waals surface area contributed by atoms with Crippen molar-refractivity contribution >= 4 is 33.0 Å². The maximum Gasteiger partial charge on any atom is 0.289 e. The molecule has 1 aliphatic carbocycles. The summed E-state index contributed by atoms with van der Waals surface area (Å²) in [5.41, 5.74) is 1.49. The third-order valence-electron chi connectivity index (χ3n) is 5.55. The average molecular weight is 415 g/mol. The summed E-state index contributed by atoms with van der Waals surface area (Å²) in [5, 5.41) is 11.2. The highest BCUT2D eigenvalue weighted by atomic mass is 32.2. The lowest BCUT2D eigenvalue weighted by atomic mass is 10.1. The number of nitro groups is 1. The summed E-state index contributed by atoms with van der Waals surface area (Å²) in [6.45, 7) is 0.588. The van der Waals surface area contributed by atoms with Crippen molar-refractivity contribution in [2.75, 3.05) is 16.2 Å². The molecule has 2 aromatic carbocycles. The number of rotatable bonds is 5. The van der Waals surface area contributed by atoms with Crippen LogP contribution in [0.3, 0.4) is 0 Å². The molecule has 0 atom stereocenters. The Morgan fingerprint density at radius 1 is 1.14 bits per heavy atom. The zero-order valence-corrected chi connectivity index (χ0v) is 16.5. The molecule has 0 spiro atoms. The Hall–Kier alpha value is -2.94. The minimum absolute atomic E-state index is 0.0354. The van der Waals surface area contributed by atoms with Crippen LogP contribution in [-0.2, 0) is 21.2 Å². The number of hydrogen-bond acceptors (Lipinski definition) is 5. The van der Waals surface area contributed by atoms with E-state index >= 15 is 0 Å². The second kappa shape index (κ2) is 7.47. The molecule has 0 aromatic heterocycles. The first-order valence-corrected chi connectivity index (χ1v) is 11.1. The fraction of sp³-hybridized carbons (Fsp3) is 0.350. The van der Waals surface area contributed by atoms with Gasteiger partial charge in [-0.2, -0.15) is 0 Å². The lowest BCUT2D eigenvalue weighted by Crippen LogP contribution is -2.33. The zero-order chi connectivity index (χ0) is 20.6. The minimum atomic E-state index is -4.15. The lowest BCUT2D eigenvalue weighted by Gasteiger charge is -2.21. The first-order valence-electron chi connectivity index (χ1n) is 9.57. The van der Waals surface area contributed by atoms with E-state index in [2.05, 4.69) is 4.72 Å². The van der Waals surface area contributed by atoms with E-state index in [1.54, 1.807) is 23.1 Å². The zero-order valence-electron chi connectivity index (χ0n) is 15.7. The highest BCUT2D eigenvalue weighted by Crippen LogP contribution is 2.36. The summed E-state index contributed by atoms with van der Waals surface area (Å²) in [6.07, 6.45) is 4.65. The molecule has 1 amide bonds. The highest BCUT2D eigenvalue weighted by Gasteiger charge is 2.32. The van der Waals surface area contributed by atoms with Crippen molar-refractivity contribution in [3.63, 3.8) is 0 Å². The number of sulfonamides is 1. The van der Waals surface area contributed by atoms with Crippen LogP contribution in [0.1, 0.15) is 31.2 Å². The minimum Gasteiger partial charge on any atom is -0.312 e. The summed E-state index contributed by atoms with van der Waals surface area (Å²) in [7, 11) is -4.15. The van der Waals surface area contributed by atoms with E-state index in [1.807, 2.05) is 0 Å². The van der Waals surface area contributed by atoms with E-state index < -0.39 is 25.5 Å². The van der Waals surface area contributed by atoms with Crippen LogP contribution in [0, 0.1) is 16.0 Å². The number of carbonyl (C=O) groups is 1. The van der Waals surface area contributed by atoms with Crippen LogP contribution in [0.2, 0.25) is 0 Å². The molecule has 8 nitrogen and oxygen atoms in total. The van der Waals surface area contributed by atoms with Crippen LogP contribution in [0.5, 0.6) is 0 Å². The van der Waals surface area contributed by atoms with Crippen molar-refractivity contribution < 1.29 is 18.1 Å². The number of carbonyl (C=O) groups excluding carboxylic acids is 1. The molecule has 0 unspecified atom stereocenters. The predicted molar refractivity (Wildman–Crippen MR) is 108 cm³/mol. The molecule has 1 fully saturated rings. The van der Waals surface area contributed by atoms with Gasteiger partial charge in [0.15, 0.2) is 4.90 Å². The summed E-state index contributed by atoms with van der Waals surface area (Å²) in [5.74, 6) is 0.133. The molecule has 9 heteroatoms. The van der Waals surface area contributed by atoms with Crippen LogP contribution < -0.4 is 9.62 Å². The third kappa shape index (κ3) is 3.69. The van der Waals surface area contributed by atoms with Crippen molar-refractivity contribution in [2.45, 2.75) is 37.0 Å². The maximum atomic E-state index is 12.9. The van der Waals surface area contributed by atoms with Crippen LogP contribution >= 0.6 is 0 Å². The van der Waals surface area contributed by atoms with E-state index in [1.165, 1.54) is 18.2 Å². The SMILES string of the molecule is O=C(C1CCCC1)N1CCc2ccc(NS(=O)(=O)c3ccccc3[N+](=O)[O-])cc21. The van der Waals surface area contributed by atoms with Crippen LogP contribution in [-0.4, -0.2) is 25.8 Å². The fourth-order valence-electron chi connectivity index (χ4n) is 4.11. The number of nitrogens with zero attached hydrogens (tertiary/aromatic N) is 2. The molecule has 4 rings (SSSR count). The first-order chi connectivity index (χ1) is 13.9. The highest BCUT2D eigenvalue weighted by molar-refractivity contribution is 7.92. The standard InChI is InChI=1S/C20H21N3O5S/c24-20(15-5-1-2-6-15)22-12-11-14-9-10-16(13-18(14)22)21-29(27,28)19-8-4-3-7-17(19)23(25)26/h3-4,7-10,13,15,21H,1-2,5-6,11-12H2. The van der Waals surface area contributed by atoms with Gasteiger partial charge in [0.2, 0.25) is 5.91 Å².